The minimum Gasteiger partial charge on any atom is -0.468 e. The lowest BCUT2D eigenvalue weighted by Gasteiger charge is -2.34. The van der Waals surface area contributed by atoms with Crippen LogP contribution in [0.25, 0.3) is 0 Å². The Kier molecular flexibility index (Phi) is 5.39. The number of amides is 1. The highest BCUT2D eigenvalue weighted by atomic mass is 16.6. The number of nitrogens with zero attached hydrogens (tertiary/aromatic N) is 2. The average molecular weight is 391 g/mol. The number of furan rings is 1. The molecule has 0 saturated heterocycles. The molecule has 29 heavy (non-hydrogen) atoms. The number of nitro groups is 1. The maximum atomic E-state index is 12.7. The van der Waals surface area contributed by atoms with Gasteiger partial charge < -0.3 is 9.73 Å². The van der Waals surface area contributed by atoms with E-state index in [9.17, 15) is 14.9 Å². The SMILES string of the molecule is O=C(NC[C@@H](c1ccco1)N1CCc2ccccc2C1)c1ccccc1[N+](=O)[O-]. The molecule has 0 radical (unpaired) electrons. The molecule has 0 bridgehead atoms. The van der Waals surface area contributed by atoms with Gasteiger partial charge in [0.1, 0.15) is 11.3 Å². The van der Waals surface area contributed by atoms with Crippen LogP contribution in [0.4, 0.5) is 5.69 Å². The van der Waals surface area contributed by atoms with E-state index in [1.807, 2.05) is 24.3 Å². The number of hydrogen-bond donors (Lipinski definition) is 1. The second kappa shape index (κ2) is 8.28. The number of carbonyl (C=O) groups is 1. The number of nitro benzene ring substituents is 1. The van der Waals surface area contributed by atoms with Gasteiger partial charge in [0.2, 0.25) is 0 Å². The van der Waals surface area contributed by atoms with E-state index in [1.54, 1.807) is 18.4 Å². The molecule has 7 heteroatoms. The van der Waals surface area contributed by atoms with Gasteiger partial charge in [-0.3, -0.25) is 19.8 Å². The first-order valence-corrected chi connectivity index (χ1v) is 9.49. The van der Waals surface area contributed by atoms with Gasteiger partial charge in [0.15, 0.2) is 0 Å². The fourth-order valence-electron chi connectivity index (χ4n) is 3.78. The zero-order valence-corrected chi connectivity index (χ0v) is 15.8. The molecule has 1 aliphatic rings. The number of fused-ring (bicyclic) bond motifs is 1. The summed E-state index contributed by atoms with van der Waals surface area (Å²) < 4.78 is 5.64. The van der Waals surface area contributed by atoms with Crippen LogP contribution in [0.2, 0.25) is 0 Å². The molecular formula is C22H21N3O4. The maximum absolute atomic E-state index is 12.7. The molecule has 3 aromatic rings. The van der Waals surface area contributed by atoms with Gasteiger partial charge in [0.05, 0.1) is 17.2 Å². The van der Waals surface area contributed by atoms with E-state index in [4.69, 9.17) is 4.42 Å². The molecule has 0 unspecified atom stereocenters. The first kappa shape index (κ1) is 18.9. The molecule has 7 nitrogen and oxygen atoms in total. The number of rotatable bonds is 6. The number of para-hydroxylation sites is 1. The van der Waals surface area contributed by atoms with E-state index < -0.39 is 10.8 Å². The van der Waals surface area contributed by atoms with E-state index >= 15 is 0 Å². The zero-order valence-electron chi connectivity index (χ0n) is 15.8. The van der Waals surface area contributed by atoms with Crippen molar-refractivity contribution in [1.29, 1.82) is 0 Å². The van der Waals surface area contributed by atoms with Crippen molar-refractivity contribution in [2.24, 2.45) is 0 Å². The Morgan fingerprint density at radius 3 is 2.62 bits per heavy atom. The van der Waals surface area contributed by atoms with E-state index in [-0.39, 0.29) is 17.3 Å². The molecule has 2 heterocycles. The summed E-state index contributed by atoms with van der Waals surface area (Å²) in [4.78, 5) is 25.6. The van der Waals surface area contributed by atoms with Crippen molar-refractivity contribution in [2.75, 3.05) is 13.1 Å². The van der Waals surface area contributed by atoms with E-state index in [0.29, 0.717) is 6.54 Å². The number of nitrogens with one attached hydrogen (secondary N) is 1. The molecule has 1 amide bonds. The molecule has 1 N–H and O–H groups in total. The predicted molar refractivity (Wildman–Crippen MR) is 107 cm³/mol. The molecule has 0 aliphatic carbocycles. The van der Waals surface area contributed by atoms with Gasteiger partial charge >= 0.3 is 0 Å². The summed E-state index contributed by atoms with van der Waals surface area (Å²) in [6.45, 7) is 1.88. The highest BCUT2D eigenvalue weighted by Gasteiger charge is 2.28. The van der Waals surface area contributed by atoms with Gasteiger partial charge in [-0.1, -0.05) is 36.4 Å². The van der Waals surface area contributed by atoms with Crippen molar-refractivity contribution >= 4 is 11.6 Å². The first-order chi connectivity index (χ1) is 14.1. The Labute approximate surface area is 168 Å². The van der Waals surface area contributed by atoms with E-state index in [1.165, 1.54) is 23.3 Å². The number of carbonyl (C=O) groups excluding carboxylic acids is 1. The fourth-order valence-corrected chi connectivity index (χ4v) is 3.78. The second-order valence-corrected chi connectivity index (χ2v) is 7.00. The van der Waals surface area contributed by atoms with Crippen molar-refractivity contribution in [1.82, 2.24) is 10.2 Å². The molecule has 1 aromatic heterocycles. The van der Waals surface area contributed by atoms with Crippen LogP contribution in [-0.2, 0) is 13.0 Å². The summed E-state index contributed by atoms with van der Waals surface area (Å²) in [6, 6.07) is 17.9. The van der Waals surface area contributed by atoms with Crippen LogP contribution >= 0.6 is 0 Å². The summed E-state index contributed by atoms with van der Waals surface area (Å²) in [7, 11) is 0. The monoisotopic (exact) mass is 391 g/mol. The predicted octanol–water partition coefficient (Wildman–Crippen LogP) is 3.72. The third-order valence-electron chi connectivity index (χ3n) is 5.27. The van der Waals surface area contributed by atoms with Crippen molar-refractivity contribution < 1.29 is 14.1 Å². The van der Waals surface area contributed by atoms with E-state index in [2.05, 4.69) is 22.3 Å². The fraction of sp³-hybridized carbons (Fsp3) is 0.227. The van der Waals surface area contributed by atoms with Crippen LogP contribution in [-0.4, -0.2) is 28.8 Å². The van der Waals surface area contributed by atoms with Crippen LogP contribution in [0.1, 0.15) is 33.3 Å². The Bertz CT molecular complexity index is 1020. The molecule has 148 valence electrons. The molecular weight excluding hydrogens is 370 g/mol. The Morgan fingerprint density at radius 2 is 1.86 bits per heavy atom. The summed E-state index contributed by atoms with van der Waals surface area (Å²) in [5.74, 6) is 0.290. The van der Waals surface area contributed by atoms with E-state index in [0.717, 1.165) is 25.3 Å². The lowest BCUT2D eigenvalue weighted by Crippen LogP contribution is -2.40. The lowest BCUT2D eigenvalue weighted by atomic mass is 9.98. The lowest BCUT2D eigenvalue weighted by molar-refractivity contribution is -0.385. The average Bonchev–Trinajstić information content (AvgIpc) is 3.28. The van der Waals surface area contributed by atoms with Gasteiger partial charge in [-0.15, -0.1) is 0 Å². The standard InChI is InChI=1S/C22H21N3O4/c26-22(18-8-3-4-9-19(18)25(27)28)23-14-20(21-10-5-13-29-21)24-12-11-16-6-1-2-7-17(16)15-24/h1-10,13,20H,11-12,14-15H2,(H,23,26)/t20-/m0/s1. The minimum atomic E-state index is -0.541. The van der Waals surface area contributed by atoms with Gasteiger partial charge in [-0.25, -0.2) is 0 Å². The van der Waals surface area contributed by atoms with Crippen molar-refractivity contribution in [3.63, 3.8) is 0 Å². The smallest absolute Gasteiger partial charge is 0.282 e. The molecule has 0 saturated carbocycles. The largest absolute Gasteiger partial charge is 0.468 e. The number of hydrogen-bond acceptors (Lipinski definition) is 5. The molecule has 0 spiro atoms. The summed E-state index contributed by atoms with van der Waals surface area (Å²) >= 11 is 0. The zero-order chi connectivity index (χ0) is 20.2. The van der Waals surface area contributed by atoms with Gasteiger partial charge in [0.25, 0.3) is 11.6 Å². The van der Waals surface area contributed by atoms with Gasteiger partial charge in [0, 0.05) is 25.7 Å². The van der Waals surface area contributed by atoms with Crippen LogP contribution in [0.15, 0.2) is 71.3 Å². The number of benzene rings is 2. The molecule has 4 rings (SSSR count). The third-order valence-corrected chi connectivity index (χ3v) is 5.27. The van der Waals surface area contributed by atoms with Crippen molar-refractivity contribution in [3.8, 4) is 0 Å². The minimum absolute atomic E-state index is 0.0553. The Morgan fingerprint density at radius 1 is 1.10 bits per heavy atom. The summed E-state index contributed by atoms with van der Waals surface area (Å²) in [6.07, 6.45) is 2.54. The van der Waals surface area contributed by atoms with Crippen LogP contribution < -0.4 is 5.32 Å². The highest BCUT2D eigenvalue weighted by molar-refractivity contribution is 5.98. The first-order valence-electron chi connectivity index (χ1n) is 9.49. The third kappa shape index (κ3) is 4.05. The Balaban J connectivity index is 1.52. The summed E-state index contributed by atoms with van der Waals surface area (Å²) in [5.41, 5.74) is 2.46. The molecule has 0 fully saturated rings. The Hall–Kier alpha value is -3.45. The summed E-state index contributed by atoms with van der Waals surface area (Å²) in [5, 5.41) is 14.1. The van der Waals surface area contributed by atoms with Crippen molar-refractivity contribution in [2.45, 2.75) is 19.0 Å². The quantitative estimate of drug-likeness (QED) is 0.511. The molecule has 1 atom stereocenters. The topological polar surface area (TPSA) is 88.6 Å². The molecule has 1 aliphatic heterocycles. The van der Waals surface area contributed by atoms with Crippen LogP contribution in [0, 0.1) is 10.1 Å². The van der Waals surface area contributed by atoms with Crippen molar-refractivity contribution in [3.05, 3.63) is 99.5 Å². The second-order valence-electron chi connectivity index (χ2n) is 7.00. The normalized spacial score (nSPS) is 14.8. The van der Waals surface area contributed by atoms with Gasteiger partial charge in [-0.2, -0.15) is 0 Å². The van der Waals surface area contributed by atoms with Gasteiger partial charge in [-0.05, 0) is 35.7 Å². The maximum Gasteiger partial charge on any atom is 0.282 e. The van der Waals surface area contributed by atoms with Crippen LogP contribution in [0.5, 0.6) is 0 Å². The molecule has 2 aromatic carbocycles. The highest BCUT2D eigenvalue weighted by Crippen LogP contribution is 2.28. The van der Waals surface area contributed by atoms with Crippen LogP contribution in [0.3, 0.4) is 0 Å².